The topological polar surface area (TPSA) is 29.5 Å². The number of ether oxygens (including phenoxy) is 1. The number of piperidine rings is 1. The highest BCUT2D eigenvalue weighted by atomic mass is 19.1. The van der Waals surface area contributed by atoms with E-state index in [0.717, 1.165) is 12.1 Å². The Morgan fingerprint density at radius 2 is 1.83 bits per heavy atom. The number of rotatable bonds is 1. The Labute approximate surface area is 138 Å². The second-order valence-corrected chi connectivity index (χ2v) is 6.36. The van der Waals surface area contributed by atoms with Crippen molar-refractivity contribution < 1.29 is 18.3 Å². The molecule has 0 radical (unpaired) electrons. The predicted octanol–water partition coefficient (Wildman–Crippen LogP) is 3.63. The van der Waals surface area contributed by atoms with Crippen LogP contribution in [0.2, 0.25) is 0 Å². The van der Waals surface area contributed by atoms with Crippen LogP contribution < -0.4 is 0 Å². The van der Waals surface area contributed by atoms with E-state index >= 15 is 0 Å². The molecule has 5 heteroatoms. The van der Waals surface area contributed by atoms with Gasteiger partial charge in [0.15, 0.2) is 0 Å². The summed E-state index contributed by atoms with van der Waals surface area (Å²) in [5.41, 5.74) is 1.97. The first-order chi connectivity index (χ1) is 11.6. The van der Waals surface area contributed by atoms with Gasteiger partial charge in [0.25, 0.3) is 5.91 Å². The van der Waals surface area contributed by atoms with Crippen LogP contribution >= 0.6 is 0 Å². The molecule has 2 aliphatic rings. The van der Waals surface area contributed by atoms with Crippen molar-refractivity contribution in [3.8, 4) is 0 Å². The van der Waals surface area contributed by atoms with Crippen LogP contribution in [0.1, 0.15) is 34.3 Å². The van der Waals surface area contributed by atoms with Crippen LogP contribution in [0.25, 0.3) is 0 Å². The van der Waals surface area contributed by atoms with Crippen molar-refractivity contribution in [2.24, 2.45) is 0 Å². The fourth-order valence-electron chi connectivity index (χ4n) is 3.70. The van der Waals surface area contributed by atoms with Crippen molar-refractivity contribution in [3.05, 3.63) is 70.8 Å². The molecule has 2 aromatic rings. The molecule has 1 saturated heterocycles. The first-order valence-corrected chi connectivity index (χ1v) is 8.06. The van der Waals surface area contributed by atoms with Gasteiger partial charge in [-0.15, -0.1) is 0 Å². The number of carbonyl (C=O) groups excluding carboxylic acids is 1. The highest BCUT2D eigenvalue weighted by Gasteiger charge is 2.43. The molecular weight excluding hydrogens is 312 g/mol. The molecule has 2 aromatic carbocycles. The monoisotopic (exact) mass is 329 g/mol. The SMILES string of the molecule is O=C(c1ccc(F)cc1F)N1CCC2(CC1)OCc1ccccc12. The molecular formula is C19H17F2NO2. The summed E-state index contributed by atoms with van der Waals surface area (Å²) in [5.74, 6) is -1.89. The molecule has 0 unspecified atom stereocenters. The zero-order valence-corrected chi connectivity index (χ0v) is 13.1. The average Bonchev–Trinajstić information content (AvgIpc) is 2.94. The second-order valence-electron chi connectivity index (χ2n) is 6.36. The van der Waals surface area contributed by atoms with Crippen LogP contribution in [0.3, 0.4) is 0 Å². The lowest BCUT2D eigenvalue weighted by Gasteiger charge is -2.39. The molecule has 4 rings (SSSR count). The summed E-state index contributed by atoms with van der Waals surface area (Å²) in [5, 5.41) is 0. The van der Waals surface area contributed by atoms with Gasteiger partial charge in [0, 0.05) is 19.2 Å². The summed E-state index contributed by atoms with van der Waals surface area (Å²) in [6, 6.07) is 11.2. The highest BCUT2D eigenvalue weighted by Crippen LogP contribution is 2.44. The number of carbonyl (C=O) groups is 1. The Morgan fingerprint density at radius 3 is 2.58 bits per heavy atom. The van der Waals surface area contributed by atoms with Gasteiger partial charge in [-0.2, -0.15) is 0 Å². The molecule has 0 aliphatic carbocycles. The van der Waals surface area contributed by atoms with E-state index in [1.807, 2.05) is 12.1 Å². The van der Waals surface area contributed by atoms with E-state index in [1.165, 1.54) is 17.2 Å². The van der Waals surface area contributed by atoms with E-state index in [-0.39, 0.29) is 11.2 Å². The van der Waals surface area contributed by atoms with E-state index < -0.39 is 17.5 Å². The summed E-state index contributed by atoms with van der Waals surface area (Å²) in [7, 11) is 0. The smallest absolute Gasteiger partial charge is 0.256 e. The third-order valence-corrected chi connectivity index (χ3v) is 5.03. The summed E-state index contributed by atoms with van der Waals surface area (Å²) < 4.78 is 32.9. The van der Waals surface area contributed by atoms with Gasteiger partial charge >= 0.3 is 0 Å². The molecule has 2 heterocycles. The fourth-order valence-corrected chi connectivity index (χ4v) is 3.70. The molecule has 1 amide bonds. The maximum absolute atomic E-state index is 13.8. The Balaban J connectivity index is 1.52. The number of hydrogen-bond donors (Lipinski definition) is 0. The van der Waals surface area contributed by atoms with E-state index in [4.69, 9.17) is 4.74 Å². The average molecular weight is 329 g/mol. The molecule has 0 saturated carbocycles. The van der Waals surface area contributed by atoms with Crippen LogP contribution in [0, 0.1) is 11.6 Å². The Hall–Kier alpha value is -2.27. The van der Waals surface area contributed by atoms with Crippen molar-refractivity contribution in [1.82, 2.24) is 4.90 Å². The van der Waals surface area contributed by atoms with Crippen LogP contribution in [-0.4, -0.2) is 23.9 Å². The molecule has 0 atom stereocenters. The molecule has 1 spiro atoms. The quantitative estimate of drug-likeness (QED) is 0.800. The van der Waals surface area contributed by atoms with Crippen LogP contribution in [0.4, 0.5) is 8.78 Å². The van der Waals surface area contributed by atoms with Gasteiger partial charge < -0.3 is 9.64 Å². The molecule has 124 valence electrons. The first kappa shape index (κ1) is 15.3. The van der Waals surface area contributed by atoms with Gasteiger partial charge in [-0.25, -0.2) is 8.78 Å². The van der Waals surface area contributed by atoms with E-state index in [9.17, 15) is 13.6 Å². The van der Waals surface area contributed by atoms with Gasteiger partial charge in [-0.3, -0.25) is 4.79 Å². The molecule has 0 aromatic heterocycles. The zero-order chi connectivity index (χ0) is 16.7. The number of benzene rings is 2. The van der Waals surface area contributed by atoms with Gasteiger partial charge in [0.2, 0.25) is 0 Å². The fraction of sp³-hybridized carbons (Fsp3) is 0.316. The molecule has 1 fully saturated rings. The van der Waals surface area contributed by atoms with E-state index in [0.29, 0.717) is 32.5 Å². The van der Waals surface area contributed by atoms with Gasteiger partial charge in [-0.05, 0) is 36.1 Å². The summed E-state index contributed by atoms with van der Waals surface area (Å²) >= 11 is 0. The number of likely N-dealkylation sites (tertiary alicyclic amines) is 1. The van der Waals surface area contributed by atoms with Crippen molar-refractivity contribution in [2.75, 3.05) is 13.1 Å². The molecule has 3 nitrogen and oxygen atoms in total. The van der Waals surface area contributed by atoms with Crippen molar-refractivity contribution in [2.45, 2.75) is 25.0 Å². The second kappa shape index (κ2) is 5.67. The number of fused-ring (bicyclic) bond motifs is 2. The van der Waals surface area contributed by atoms with E-state index in [1.54, 1.807) is 4.90 Å². The summed E-state index contributed by atoms with van der Waals surface area (Å²) in [4.78, 5) is 14.1. The molecule has 2 aliphatic heterocycles. The maximum Gasteiger partial charge on any atom is 0.256 e. The van der Waals surface area contributed by atoms with Crippen molar-refractivity contribution in [1.29, 1.82) is 0 Å². The van der Waals surface area contributed by atoms with Crippen LogP contribution in [0.15, 0.2) is 42.5 Å². The lowest BCUT2D eigenvalue weighted by atomic mass is 9.83. The molecule has 0 N–H and O–H groups in total. The minimum atomic E-state index is -0.817. The zero-order valence-electron chi connectivity index (χ0n) is 13.1. The van der Waals surface area contributed by atoms with E-state index in [2.05, 4.69) is 12.1 Å². The Morgan fingerprint density at radius 1 is 1.08 bits per heavy atom. The number of hydrogen-bond acceptors (Lipinski definition) is 2. The summed E-state index contributed by atoms with van der Waals surface area (Å²) in [6.45, 7) is 1.57. The minimum absolute atomic E-state index is 0.0832. The van der Waals surface area contributed by atoms with Crippen molar-refractivity contribution >= 4 is 5.91 Å². The third kappa shape index (κ3) is 2.40. The lowest BCUT2D eigenvalue weighted by molar-refractivity contribution is -0.0742. The largest absolute Gasteiger partial charge is 0.365 e. The number of amides is 1. The van der Waals surface area contributed by atoms with Crippen LogP contribution in [0.5, 0.6) is 0 Å². The maximum atomic E-state index is 13.8. The van der Waals surface area contributed by atoms with Gasteiger partial charge in [-0.1, -0.05) is 24.3 Å². The Bertz CT molecular complexity index is 798. The molecule has 24 heavy (non-hydrogen) atoms. The third-order valence-electron chi connectivity index (χ3n) is 5.03. The summed E-state index contributed by atoms with van der Waals surface area (Å²) in [6.07, 6.45) is 1.36. The number of halogens is 2. The number of nitrogens with zero attached hydrogens (tertiary/aromatic N) is 1. The molecule has 0 bridgehead atoms. The minimum Gasteiger partial charge on any atom is -0.365 e. The standard InChI is InChI=1S/C19H17F2NO2/c20-14-5-6-15(17(21)11-14)18(23)22-9-7-19(8-10-22)16-4-2-1-3-13(16)12-24-19/h1-6,11H,7-10,12H2. The highest BCUT2D eigenvalue weighted by molar-refractivity contribution is 5.94. The lowest BCUT2D eigenvalue weighted by Crippen LogP contribution is -2.45. The first-order valence-electron chi connectivity index (χ1n) is 8.06. The Kier molecular flexibility index (Phi) is 3.61. The van der Waals surface area contributed by atoms with Crippen LogP contribution in [-0.2, 0) is 16.9 Å². The van der Waals surface area contributed by atoms with Crippen molar-refractivity contribution in [3.63, 3.8) is 0 Å². The van der Waals surface area contributed by atoms with Gasteiger partial charge in [0.1, 0.15) is 11.6 Å². The predicted molar refractivity (Wildman–Crippen MR) is 84.4 cm³/mol. The normalized spacial score (nSPS) is 18.7. The van der Waals surface area contributed by atoms with Gasteiger partial charge in [0.05, 0.1) is 17.8 Å².